The average Bonchev–Trinajstić information content (AvgIpc) is 2.31. The first kappa shape index (κ1) is 10.8. The summed E-state index contributed by atoms with van der Waals surface area (Å²) < 4.78 is 1.04. The lowest BCUT2D eigenvalue weighted by molar-refractivity contribution is 0.569. The first-order valence-corrected chi connectivity index (χ1v) is 6.34. The molecule has 0 spiro atoms. The summed E-state index contributed by atoms with van der Waals surface area (Å²) >= 11 is 3.57. The number of nitrogens with one attached hydrogen (secondary N) is 1. The van der Waals surface area contributed by atoms with Crippen LogP contribution in [0, 0.1) is 0 Å². The molecule has 3 rings (SSSR count). The molecule has 86 valence electrons. The van der Waals surface area contributed by atoms with E-state index >= 15 is 0 Å². The molecule has 0 aliphatic carbocycles. The number of rotatable bonds is 0. The van der Waals surface area contributed by atoms with Gasteiger partial charge in [0.1, 0.15) is 5.66 Å². The van der Waals surface area contributed by atoms with Gasteiger partial charge in [0.15, 0.2) is 0 Å². The lowest BCUT2D eigenvalue weighted by atomic mass is 9.87. The fourth-order valence-corrected chi connectivity index (χ4v) is 2.84. The van der Waals surface area contributed by atoms with Crippen molar-refractivity contribution in [1.29, 1.82) is 0 Å². The molecule has 1 unspecified atom stereocenters. The van der Waals surface area contributed by atoms with Gasteiger partial charge in [0.05, 0.1) is 5.69 Å². The Bertz CT molecular complexity index is 591. The average molecular weight is 289 g/mol. The van der Waals surface area contributed by atoms with Crippen LogP contribution in [-0.4, -0.2) is 0 Å². The first-order chi connectivity index (χ1) is 8.09. The molecule has 3 N–H and O–H groups in total. The van der Waals surface area contributed by atoms with Crippen LogP contribution in [0.2, 0.25) is 0 Å². The SMILES string of the molecule is CC1(N)Nc2c(Br)cccc2-c2ccccc21. The molecule has 1 aliphatic heterocycles. The molecule has 0 saturated carbocycles. The highest BCUT2D eigenvalue weighted by Crippen LogP contribution is 2.44. The van der Waals surface area contributed by atoms with Crippen molar-refractivity contribution in [3.8, 4) is 11.1 Å². The Morgan fingerprint density at radius 1 is 1.06 bits per heavy atom. The minimum Gasteiger partial charge on any atom is -0.362 e. The second-order valence-electron chi connectivity index (χ2n) is 4.54. The van der Waals surface area contributed by atoms with Gasteiger partial charge in [0.2, 0.25) is 0 Å². The molecule has 1 aliphatic rings. The van der Waals surface area contributed by atoms with Gasteiger partial charge in [0, 0.05) is 10.0 Å². The van der Waals surface area contributed by atoms with E-state index in [4.69, 9.17) is 5.73 Å². The van der Waals surface area contributed by atoms with Crippen LogP contribution in [0.4, 0.5) is 5.69 Å². The van der Waals surface area contributed by atoms with Crippen LogP contribution < -0.4 is 11.1 Å². The summed E-state index contributed by atoms with van der Waals surface area (Å²) in [5, 5.41) is 3.39. The van der Waals surface area contributed by atoms with Gasteiger partial charge in [-0.25, -0.2) is 0 Å². The molecule has 0 saturated heterocycles. The first-order valence-electron chi connectivity index (χ1n) is 5.55. The number of benzene rings is 2. The highest BCUT2D eigenvalue weighted by Gasteiger charge is 2.31. The van der Waals surface area contributed by atoms with E-state index in [0.29, 0.717) is 0 Å². The van der Waals surface area contributed by atoms with Gasteiger partial charge in [-0.3, -0.25) is 0 Å². The molecular weight excluding hydrogens is 276 g/mol. The molecule has 2 nitrogen and oxygen atoms in total. The second-order valence-corrected chi connectivity index (χ2v) is 5.39. The smallest absolute Gasteiger partial charge is 0.110 e. The standard InChI is InChI=1S/C14H13BrN2/c1-14(16)11-7-3-2-5-9(11)10-6-4-8-12(15)13(10)17-14/h2-8,17H,16H2,1H3. The summed E-state index contributed by atoms with van der Waals surface area (Å²) in [5.74, 6) is 0. The van der Waals surface area contributed by atoms with E-state index in [1.807, 2.05) is 31.2 Å². The van der Waals surface area contributed by atoms with Gasteiger partial charge in [-0.1, -0.05) is 36.4 Å². The van der Waals surface area contributed by atoms with E-state index in [9.17, 15) is 0 Å². The van der Waals surface area contributed by atoms with E-state index in [2.05, 4.69) is 39.4 Å². The zero-order chi connectivity index (χ0) is 12.0. The van der Waals surface area contributed by atoms with Gasteiger partial charge in [-0.05, 0) is 40.0 Å². The Morgan fingerprint density at radius 3 is 2.59 bits per heavy atom. The van der Waals surface area contributed by atoms with Crippen molar-refractivity contribution in [2.45, 2.75) is 12.6 Å². The number of hydrogen-bond donors (Lipinski definition) is 2. The van der Waals surface area contributed by atoms with E-state index in [-0.39, 0.29) is 0 Å². The maximum atomic E-state index is 6.34. The summed E-state index contributed by atoms with van der Waals surface area (Å²) in [6, 6.07) is 14.4. The van der Waals surface area contributed by atoms with Crippen molar-refractivity contribution in [3.05, 3.63) is 52.5 Å². The number of para-hydroxylation sites is 1. The minimum absolute atomic E-state index is 0.534. The van der Waals surface area contributed by atoms with Crippen molar-refractivity contribution >= 4 is 21.6 Å². The molecule has 1 atom stereocenters. The molecule has 1 heterocycles. The topological polar surface area (TPSA) is 38.0 Å². The van der Waals surface area contributed by atoms with Gasteiger partial charge in [-0.2, -0.15) is 0 Å². The van der Waals surface area contributed by atoms with Gasteiger partial charge in [-0.15, -0.1) is 0 Å². The van der Waals surface area contributed by atoms with Crippen LogP contribution in [0.1, 0.15) is 12.5 Å². The van der Waals surface area contributed by atoms with E-state index in [1.54, 1.807) is 0 Å². The summed E-state index contributed by atoms with van der Waals surface area (Å²) in [6.07, 6.45) is 0. The zero-order valence-corrected chi connectivity index (χ0v) is 11.1. The summed E-state index contributed by atoms with van der Waals surface area (Å²) in [6.45, 7) is 1.99. The monoisotopic (exact) mass is 288 g/mol. The van der Waals surface area contributed by atoms with E-state index < -0.39 is 5.66 Å². The normalized spacial score (nSPS) is 21.4. The Labute approximate surface area is 109 Å². The van der Waals surface area contributed by atoms with Crippen LogP contribution in [0.3, 0.4) is 0 Å². The van der Waals surface area contributed by atoms with Crippen molar-refractivity contribution in [2.75, 3.05) is 5.32 Å². The van der Waals surface area contributed by atoms with Gasteiger partial charge < -0.3 is 11.1 Å². The Balaban J connectivity index is 2.36. The van der Waals surface area contributed by atoms with Crippen LogP contribution in [0.15, 0.2) is 46.9 Å². The van der Waals surface area contributed by atoms with Crippen molar-refractivity contribution in [2.24, 2.45) is 5.73 Å². The van der Waals surface area contributed by atoms with Crippen LogP contribution in [0.5, 0.6) is 0 Å². The fourth-order valence-electron chi connectivity index (χ4n) is 2.37. The molecule has 2 aromatic rings. The van der Waals surface area contributed by atoms with Crippen LogP contribution in [-0.2, 0) is 5.66 Å². The second kappa shape index (κ2) is 3.59. The lowest BCUT2D eigenvalue weighted by Gasteiger charge is -2.36. The molecule has 0 fully saturated rings. The number of hydrogen-bond acceptors (Lipinski definition) is 2. The van der Waals surface area contributed by atoms with Crippen molar-refractivity contribution in [3.63, 3.8) is 0 Å². The Hall–Kier alpha value is -1.32. The third-order valence-electron chi connectivity index (χ3n) is 3.18. The molecular formula is C14H13BrN2. The third-order valence-corrected chi connectivity index (χ3v) is 3.84. The zero-order valence-electron chi connectivity index (χ0n) is 9.50. The largest absolute Gasteiger partial charge is 0.362 e. The Kier molecular flexibility index (Phi) is 2.28. The predicted octanol–water partition coefficient (Wildman–Crippen LogP) is 3.67. The summed E-state index contributed by atoms with van der Waals surface area (Å²) in [5.41, 5.74) is 10.4. The van der Waals surface area contributed by atoms with E-state index in [1.165, 1.54) is 11.1 Å². The Morgan fingerprint density at radius 2 is 1.76 bits per heavy atom. The molecule has 0 amide bonds. The highest BCUT2D eigenvalue weighted by molar-refractivity contribution is 9.10. The maximum Gasteiger partial charge on any atom is 0.110 e. The van der Waals surface area contributed by atoms with Gasteiger partial charge in [0.25, 0.3) is 0 Å². The van der Waals surface area contributed by atoms with Crippen molar-refractivity contribution < 1.29 is 0 Å². The molecule has 0 radical (unpaired) electrons. The minimum atomic E-state index is -0.534. The number of halogens is 1. The molecule has 0 bridgehead atoms. The fraction of sp³-hybridized carbons (Fsp3) is 0.143. The third kappa shape index (κ3) is 1.58. The number of fused-ring (bicyclic) bond motifs is 3. The lowest BCUT2D eigenvalue weighted by Crippen LogP contribution is -2.43. The summed E-state index contributed by atoms with van der Waals surface area (Å²) in [4.78, 5) is 0. The molecule has 0 aromatic heterocycles. The predicted molar refractivity (Wildman–Crippen MR) is 74.7 cm³/mol. The molecule has 3 heteroatoms. The maximum absolute atomic E-state index is 6.34. The van der Waals surface area contributed by atoms with Crippen molar-refractivity contribution in [1.82, 2.24) is 0 Å². The number of nitrogens with two attached hydrogens (primary N) is 1. The quantitative estimate of drug-likeness (QED) is 0.776. The van der Waals surface area contributed by atoms with E-state index in [0.717, 1.165) is 15.7 Å². The summed E-state index contributed by atoms with van der Waals surface area (Å²) in [7, 11) is 0. The van der Waals surface area contributed by atoms with Crippen LogP contribution >= 0.6 is 15.9 Å². The molecule has 17 heavy (non-hydrogen) atoms. The van der Waals surface area contributed by atoms with Crippen LogP contribution in [0.25, 0.3) is 11.1 Å². The highest BCUT2D eigenvalue weighted by atomic mass is 79.9. The number of anilines is 1. The van der Waals surface area contributed by atoms with Gasteiger partial charge >= 0.3 is 0 Å². The molecule has 2 aromatic carbocycles.